The van der Waals surface area contributed by atoms with Crippen molar-refractivity contribution in [3.05, 3.63) is 12.4 Å². The van der Waals surface area contributed by atoms with Crippen LogP contribution in [0.3, 0.4) is 0 Å². The molecule has 13 heavy (non-hydrogen) atoms. The zero-order valence-corrected chi connectivity index (χ0v) is 8.20. The molecule has 0 aliphatic carbocycles. The minimum absolute atomic E-state index is 0.157. The van der Waals surface area contributed by atoms with E-state index in [9.17, 15) is 5.11 Å². The van der Waals surface area contributed by atoms with Crippen LogP contribution >= 0.6 is 11.8 Å². The molecule has 1 fully saturated rings. The van der Waals surface area contributed by atoms with Crippen molar-refractivity contribution in [2.24, 2.45) is 7.05 Å². The van der Waals surface area contributed by atoms with Crippen LogP contribution in [0.2, 0.25) is 0 Å². The normalized spacial score (nSPS) is 28.2. The molecular weight excluding hydrogens is 188 g/mol. The highest BCUT2D eigenvalue weighted by Crippen LogP contribution is 2.28. The first-order valence-electron chi connectivity index (χ1n) is 4.17. The molecule has 2 heterocycles. The van der Waals surface area contributed by atoms with Crippen molar-refractivity contribution in [1.82, 2.24) is 9.78 Å². The van der Waals surface area contributed by atoms with Gasteiger partial charge in [0.1, 0.15) is 0 Å². The van der Waals surface area contributed by atoms with Crippen molar-refractivity contribution in [2.45, 2.75) is 16.2 Å². The summed E-state index contributed by atoms with van der Waals surface area (Å²) >= 11 is 1.62. The number of aromatic nitrogens is 2. The van der Waals surface area contributed by atoms with Gasteiger partial charge in [0.15, 0.2) is 0 Å². The molecule has 1 aromatic heterocycles. The van der Waals surface area contributed by atoms with Crippen molar-refractivity contribution in [1.29, 1.82) is 0 Å². The van der Waals surface area contributed by atoms with Crippen molar-refractivity contribution in [3.63, 3.8) is 0 Å². The Labute approximate surface area is 80.9 Å². The van der Waals surface area contributed by atoms with E-state index in [1.165, 1.54) is 0 Å². The first kappa shape index (κ1) is 9.05. The van der Waals surface area contributed by atoms with Crippen molar-refractivity contribution in [3.8, 4) is 0 Å². The van der Waals surface area contributed by atoms with E-state index in [1.54, 1.807) is 22.6 Å². The highest BCUT2D eigenvalue weighted by molar-refractivity contribution is 8.00. The van der Waals surface area contributed by atoms with E-state index in [1.807, 2.05) is 13.2 Å². The van der Waals surface area contributed by atoms with Gasteiger partial charge in [0, 0.05) is 18.1 Å². The molecule has 4 nitrogen and oxygen atoms in total. The third-order valence-electron chi connectivity index (χ3n) is 1.97. The molecule has 2 atom stereocenters. The third-order valence-corrected chi connectivity index (χ3v) is 3.20. The molecule has 0 saturated carbocycles. The third kappa shape index (κ3) is 2.04. The molecule has 0 spiro atoms. The van der Waals surface area contributed by atoms with E-state index < -0.39 is 0 Å². The maximum Gasteiger partial charge on any atom is 0.0917 e. The number of ether oxygens (including phenoxy) is 1. The number of aryl methyl sites for hydroxylation is 1. The summed E-state index contributed by atoms with van der Waals surface area (Å²) in [5.41, 5.74) is 0. The monoisotopic (exact) mass is 200 g/mol. The second-order valence-electron chi connectivity index (χ2n) is 3.11. The number of aliphatic hydroxyl groups excluding tert-OH is 1. The largest absolute Gasteiger partial charge is 0.389 e. The minimum Gasteiger partial charge on any atom is -0.389 e. The Hall–Kier alpha value is -0.520. The highest BCUT2D eigenvalue weighted by Gasteiger charge is 2.27. The molecule has 0 radical (unpaired) electrons. The first-order chi connectivity index (χ1) is 6.25. The molecule has 1 aliphatic rings. The molecular formula is C8H12N2O2S. The number of hydrogen-bond acceptors (Lipinski definition) is 4. The lowest BCUT2D eigenvalue weighted by Crippen LogP contribution is -2.19. The molecule has 1 aliphatic heterocycles. The molecule has 5 heteroatoms. The van der Waals surface area contributed by atoms with Gasteiger partial charge in [-0.05, 0) is 0 Å². The summed E-state index contributed by atoms with van der Waals surface area (Å²) in [7, 11) is 1.88. The van der Waals surface area contributed by atoms with Gasteiger partial charge in [0.05, 0.1) is 30.8 Å². The fraction of sp³-hybridized carbons (Fsp3) is 0.625. The van der Waals surface area contributed by atoms with Crippen LogP contribution in [0.1, 0.15) is 0 Å². The Morgan fingerprint density at radius 1 is 1.69 bits per heavy atom. The lowest BCUT2D eigenvalue weighted by Gasteiger charge is -2.09. The molecule has 1 saturated heterocycles. The molecule has 0 amide bonds. The average Bonchev–Trinajstić information content (AvgIpc) is 2.64. The second kappa shape index (κ2) is 3.69. The van der Waals surface area contributed by atoms with Crippen LogP contribution in [-0.2, 0) is 11.8 Å². The van der Waals surface area contributed by atoms with Crippen molar-refractivity contribution >= 4 is 11.8 Å². The Balaban J connectivity index is 1.97. The van der Waals surface area contributed by atoms with Crippen LogP contribution < -0.4 is 0 Å². The van der Waals surface area contributed by atoms with Gasteiger partial charge in [-0.2, -0.15) is 5.10 Å². The lowest BCUT2D eigenvalue weighted by molar-refractivity contribution is 0.127. The number of nitrogens with zero attached hydrogens (tertiary/aromatic N) is 2. The molecule has 0 bridgehead atoms. The lowest BCUT2D eigenvalue weighted by atomic mass is 10.3. The zero-order valence-electron chi connectivity index (χ0n) is 7.38. The maximum atomic E-state index is 9.48. The van der Waals surface area contributed by atoms with E-state index in [0.717, 1.165) is 4.90 Å². The van der Waals surface area contributed by atoms with Crippen LogP contribution in [0.25, 0.3) is 0 Å². The van der Waals surface area contributed by atoms with Gasteiger partial charge in [-0.1, -0.05) is 0 Å². The van der Waals surface area contributed by atoms with Crippen molar-refractivity contribution < 1.29 is 9.84 Å². The molecule has 2 rings (SSSR count). The Bertz CT molecular complexity index is 289. The maximum absolute atomic E-state index is 9.48. The fourth-order valence-electron chi connectivity index (χ4n) is 1.27. The summed E-state index contributed by atoms with van der Waals surface area (Å²) < 4.78 is 6.90. The first-order valence-corrected chi connectivity index (χ1v) is 5.05. The summed E-state index contributed by atoms with van der Waals surface area (Å²) in [6.45, 7) is 1.08. The predicted octanol–water partition coefficient (Wildman–Crippen LogP) is 0.272. The van der Waals surface area contributed by atoms with Crippen LogP contribution in [0.5, 0.6) is 0 Å². The molecule has 1 aromatic rings. The van der Waals surface area contributed by atoms with Crippen molar-refractivity contribution in [2.75, 3.05) is 13.2 Å². The standard InChI is InChI=1S/C8H12N2O2S/c1-10-3-6(2-9-10)13-8-5-12-4-7(8)11/h2-3,7-8,11H,4-5H2,1H3. The minimum atomic E-state index is -0.342. The summed E-state index contributed by atoms with van der Waals surface area (Å²) in [5, 5.41) is 13.7. The Morgan fingerprint density at radius 3 is 3.08 bits per heavy atom. The van der Waals surface area contributed by atoms with Gasteiger partial charge in [-0.3, -0.25) is 4.68 Å². The Morgan fingerprint density at radius 2 is 2.54 bits per heavy atom. The van der Waals surface area contributed by atoms with Gasteiger partial charge in [0.25, 0.3) is 0 Å². The zero-order chi connectivity index (χ0) is 9.26. The number of hydrogen-bond donors (Lipinski definition) is 1. The van der Waals surface area contributed by atoms with Crippen LogP contribution in [0.15, 0.2) is 17.3 Å². The molecule has 72 valence electrons. The molecule has 2 unspecified atom stereocenters. The molecule has 0 aromatic carbocycles. The fourth-order valence-corrected chi connectivity index (χ4v) is 2.34. The summed E-state index contributed by atoms with van der Waals surface area (Å²) in [5.74, 6) is 0. The van der Waals surface area contributed by atoms with E-state index in [4.69, 9.17) is 4.74 Å². The topological polar surface area (TPSA) is 47.3 Å². The van der Waals surface area contributed by atoms with E-state index in [2.05, 4.69) is 5.10 Å². The van der Waals surface area contributed by atoms with E-state index in [-0.39, 0.29) is 11.4 Å². The molecule has 1 N–H and O–H groups in total. The SMILES string of the molecule is Cn1cc(SC2COCC2O)cn1. The van der Waals surface area contributed by atoms with Crippen LogP contribution in [0.4, 0.5) is 0 Å². The highest BCUT2D eigenvalue weighted by atomic mass is 32.2. The summed E-state index contributed by atoms with van der Waals surface area (Å²) in [6, 6.07) is 0. The average molecular weight is 200 g/mol. The summed E-state index contributed by atoms with van der Waals surface area (Å²) in [4.78, 5) is 1.08. The quantitative estimate of drug-likeness (QED) is 0.744. The van der Waals surface area contributed by atoms with Gasteiger partial charge in [0.2, 0.25) is 0 Å². The van der Waals surface area contributed by atoms with E-state index in [0.29, 0.717) is 13.2 Å². The number of aliphatic hydroxyl groups is 1. The van der Waals surface area contributed by atoms with Gasteiger partial charge >= 0.3 is 0 Å². The number of thioether (sulfide) groups is 1. The van der Waals surface area contributed by atoms with Gasteiger partial charge in [-0.25, -0.2) is 0 Å². The number of rotatable bonds is 2. The Kier molecular flexibility index (Phi) is 2.57. The van der Waals surface area contributed by atoms with Crippen LogP contribution in [0, 0.1) is 0 Å². The van der Waals surface area contributed by atoms with Crippen LogP contribution in [-0.4, -0.2) is 39.5 Å². The second-order valence-corrected chi connectivity index (χ2v) is 4.42. The van der Waals surface area contributed by atoms with Gasteiger partial charge < -0.3 is 9.84 Å². The summed E-state index contributed by atoms with van der Waals surface area (Å²) in [6.07, 6.45) is 3.40. The predicted molar refractivity (Wildman–Crippen MR) is 49.7 cm³/mol. The van der Waals surface area contributed by atoms with E-state index >= 15 is 0 Å². The van der Waals surface area contributed by atoms with Gasteiger partial charge in [-0.15, -0.1) is 11.8 Å². The smallest absolute Gasteiger partial charge is 0.0917 e.